The second-order valence-electron chi connectivity index (χ2n) is 4.90. The first-order chi connectivity index (χ1) is 6.93. The Kier molecular flexibility index (Phi) is 3.72. The number of hydrogen-bond donors (Lipinski definition) is 2. The van der Waals surface area contributed by atoms with Crippen molar-refractivity contribution in [2.24, 2.45) is 11.3 Å². The monoisotopic (exact) mass is 213 g/mol. The molecule has 2 N–H and O–H groups in total. The number of carbonyl (C=O) groups is 2. The van der Waals surface area contributed by atoms with Crippen LogP contribution >= 0.6 is 0 Å². The average molecular weight is 213 g/mol. The topological polar surface area (TPSA) is 66.4 Å². The molecule has 1 fully saturated rings. The molecule has 0 aromatic carbocycles. The lowest BCUT2D eigenvalue weighted by molar-refractivity contribution is -0.139. The molecule has 4 heteroatoms. The Morgan fingerprint density at radius 1 is 1.40 bits per heavy atom. The summed E-state index contributed by atoms with van der Waals surface area (Å²) < 4.78 is 0. The molecule has 0 radical (unpaired) electrons. The van der Waals surface area contributed by atoms with Gasteiger partial charge in [-0.3, -0.25) is 9.59 Å². The second-order valence-corrected chi connectivity index (χ2v) is 4.90. The van der Waals surface area contributed by atoms with Crippen LogP contribution in [0.4, 0.5) is 0 Å². The molecule has 1 amide bonds. The Hall–Kier alpha value is -1.06. The fraction of sp³-hybridized carbons (Fsp3) is 0.818. The van der Waals surface area contributed by atoms with E-state index in [0.29, 0.717) is 0 Å². The molecule has 86 valence electrons. The van der Waals surface area contributed by atoms with Gasteiger partial charge in [-0.25, -0.2) is 0 Å². The zero-order chi connectivity index (χ0) is 11.5. The quantitative estimate of drug-likeness (QED) is 0.744. The Bertz CT molecular complexity index is 261. The Morgan fingerprint density at radius 2 is 2.07 bits per heavy atom. The fourth-order valence-electron chi connectivity index (χ4n) is 2.27. The number of amides is 1. The number of carboxylic acids is 1. The first-order valence-corrected chi connectivity index (χ1v) is 5.43. The molecule has 0 aromatic rings. The molecule has 4 nitrogen and oxygen atoms in total. The van der Waals surface area contributed by atoms with Crippen LogP contribution in [0, 0.1) is 11.3 Å². The molecule has 0 bridgehead atoms. The highest BCUT2D eigenvalue weighted by Gasteiger charge is 2.36. The van der Waals surface area contributed by atoms with E-state index in [4.69, 9.17) is 5.11 Å². The molecular formula is C11H19NO3. The van der Waals surface area contributed by atoms with Crippen molar-refractivity contribution < 1.29 is 14.7 Å². The van der Waals surface area contributed by atoms with E-state index in [1.165, 1.54) is 0 Å². The summed E-state index contributed by atoms with van der Waals surface area (Å²) in [5, 5.41) is 10.9. The van der Waals surface area contributed by atoms with Crippen LogP contribution < -0.4 is 5.32 Å². The van der Waals surface area contributed by atoms with Crippen molar-refractivity contribution in [3.63, 3.8) is 0 Å². The van der Waals surface area contributed by atoms with Crippen molar-refractivity contribution in [1.82, 2.24) is 5.32 Å². The molecule has 1 rings (SSSR count). The normalized spacial score (nSPS) is 24.5. The van der Waals surface area contributed by atoms with Crippen molar-refractivity contribution in [3.8, 4) is 0 Å². The van der Waals surface area contributed by atoms with Crippen LogP contribution in [0.3, 0.4) is 0 Å². The van der Waals surface area contributed by atoms with Gasteiger partial charge in [-0.15, -0.1) is 0 Å². The predicted octanol–water partition coefficient (Wildman–Crippen LogP) is 1.40. The summed E-state index contributed by atoms with van der Waals surface area (Å²) in [4.78, 5) is 22.1. The van der Waals surface area contributed by atoms with Gasteiger partial charge in [0.25, 0.3) is 0 Å². The highest BCUT2D eigenvalue weighted by Crippen LogP contribution is 2.40. The third-order valence-electron chi connectivity index (χ3n) is 3.24. The Balaban J connectivity index is 2.53. The summed E-state index contributed by atoms with van der Waals surface area (Å²) in [6.07, 6.45) is 4.14. The molecule has 0 saturated heterocycles. The molecule has 15 heavy (non-hydrogen) atoms. The standard InChI is InChI=1S/C11H19NO3/c1-11(2)6-4-3-5-8(11)10(15)12-7-9(13)14/h8H,3-7H2,1-2H3,(H,12,15)(H,13,14). The Labute approximate surface area is 90.0 Å². The maximum Gasteiger partial charge on any atom is 0.322 e. The summed E-state index contributed by atoms with van der Waals surface area (Å²) in [6.45, 7) is 3.89. The van der Waals surface area contributed by atoms with Crippen LogP contribution in [-0.4, -0.2) is 23.5 Å². The highest BCUT2D eigenvalue weighted by molar-refractivity contribution is 5.83. The molecule has 0 spiro atoms. The van der Waals surface area contributed by atoms with E-state index in [-0.39, 0.29) is 23.8 Å². The zero-order valence-corrected chi connectivity index (χ0v) is 9.38. The Morgan fingerprint density at radius 3 is 2.60 bits per heavy atom. The summed E-state index contributed by atoms with van der Waals surface area (Å²) in [5.74, 6) is -1.13. The van der Waals surface area contributed by atoms with E-state index in [1.807, 2.05) is 0 Å². The lowest BCUT2D eigenvalue weighted by Crippen LogP contribution is -2.42. The number of hydrogen-bond acceptors (Lipinski definition) is 2. The summed E-state index contributed by atoms with van der Waals surface area (Å²) in [6, 6.07) is 0. The maximum atomic E-state index is 11.7. The van der Waals surface area contributed by atoms with Crippen LogP contribution in [-0.2, 0) is 9.59 Å². The summed E-state index contributed by atoms with van der Waals surface area (Å²) >= 11 is 0. The van der Waals surface area contributed by atoms with E-state index in [9.17, 15) is 9.59 Å². The van der Waals surface area contributed by atoms with Gasteiger partial charge in [-0.2, -0.15) is 0 Å². The van der Waals surface area contributed by atoms with E-state index in [1.54, 1.807) is 0 Å². The van der Waals surface area contributed by atoms with Gasteiger partial charge in [0.15, 0.2) is 0 Å². The van der Waals surface area contributed by atoms with E-state index in [0.717, 1.165) is 25.7 Å². The molecule has 1 aliphatic rings. The van der Waals surface area contributed by atoms with Gasteiger partial charge >= 0.3 is 5.97 Å². The first-order valence-electron chi connectivity index (χ1n) is 5.43. The minimum atomic E-state index is -0.989. The molecular weight excluding hydrogens is 194 g/mol. The number of rotatable bonds is 3. The molecule has 1 atom stereocenters. The van der Waals surface area contributed by atoms with Crippen molar-refractivity contribution >= 4 is 11.9 Å². The molecule has 1 aliphatic carbocycles. The van der Waals surface area contributed by atoms with Gasteiger partial charge in [0.05, 0.1) is 0 Å². The lowest BCUT2D eigenvalue weighted by atomic mass is 9.68. The second kappa shape index (κ2) is 4.64. The van der Waals surface area contributed by atoms with Crippen LogP contribution in [0.5, 0.6) is 0 Å². The van der Waals surface area contributed by atoms with Gasteiger partial charge < -0.3 is 10.4 Å². The highest BCUT2D eigenvalue weighted by atomic mass is 16.4. The average Bonchev–Trinajstić information content (AvgIpc) is 2.13. The van der Waals surface area contributed by atoms with Gasteiger partial charge in [0, 0.05) is 5.92 Å². The number of aliphatic carboxylic acids is 1. The molecule has 1 unspecified atom stereocenters. The van der Waals surface area contributed by atoms with Gasteiger partial charge in [-0.05, 0) is 18.3 Å². The summed E-state index contributed by atoms with van der Waals surface area (Å²) in [5.41, 5.74) is 0.000830. The van der Waals surface area contributed by atoms with E-state index >= 15 is 0 Å². The summed E-state index contributed by atoms with van der Waals surface area (Å²) in [7, 11) is 0. The minimum Gasteiger partial charge on any atom is -0.480 e. The van der Waals surface area contributed by atoms with Crippen LogP contribution in [0.25, 0.3) is 0 Å². The smallest absolute Gasteiger partial charge is 0.322 e. The molecule has 0 aromatic heterocycles. The first kappa shape index (κ1) is 12.0. The third kappa shape index (κ3) is 3.22. The largest absolute Gasteiger partial charge is 0.480 e. The third-order valence-corrected chi connectivity index (χ3v) is 3.24. The SMILES string of the molecule is CC1(C)CCCCC1C(=O)NCC(=O)O. The number of carbonyl (C=O) groups excluding carboxylic acids is 1. The maximum absolute atomic E-state index is 11.7. The van der Waals surface area contributed by atoms with Crippen LogP contribution in [0.2, 0.25) is 0 Å². The van der Waals surface area contributed by atoms with Crippen molar-refractivity contribution in [2.75, 3.05) is 6.54 Å². The zero-order valence-electron chi connectivity index (χ0n) is 9.38. The van der Waals surface area contributed by atoms with Crippen molar-refractivity contribution in [1.29, 1.82) is 0 Å². The van der Waals surface area contributed by atoms with Gasteiger partial charge in [-0.1, -0.05) is 26.7 Å². The predicted molar refractivity (Wildman–Crippen MR) is 56.4 cm³/mol. The minimum absolute atomic E-state index is 0.000830. The van der Waals surface area contributed by atoms with E-state index < -0.39 is 5.97 Å². The molecule has 0 aliphatic heterocycles. The lowest BCUT2D eigenvalue weighted by Gasteiger charge is -2.37. The van der Waals surface area contributed by atoms with Crippen molar-refractivity contribution in [3.05, 3.63) is 0 Å². The van der Waals surface area contributed by atoms with Crippen LogP contribution in [0.1, 0.15) is 39.5 Å². The van der Waals surface area contributed by atoms with E-state index in [2.05, 4.69) is 19.2 Å². The number of nitrogens with one attached hydrogen (secondary N) is 1. The molecule has 0 heterocycles. The van der Waals surface area contributed by atoms with Gasteiger partial charge in [0.2, 0.25) is 5.91 Å². The van der Waals surface area contributed by atoms with Crippen molar-refractivity contribution in [2.45, 2.75) is 39.5 Å². The van der Waals surface area contributed by atoms with Gasteiger partial charge in [0.1, 0.15) is 6.54 Å². The van der Waals surface area contributed by atoms with Crippen LogP contribution in [0.15, 0.2) is 0 Å². The fourth-order valence-corrected chi connectivity index (χ4v) is 2.27. The number of carboxylic acid groups (broad SMARTS) is 1. The molecule has 1 saturated carbocycles.